The quantitative estimate of drug-likeness (QED) is 0.632. The number of hydrogen-bond acceptors (Lipinski definition) is 8. The summed E-state index contributed by atoms with van der Waals surface area (Å²) < 4.78 is 118. The average Bonchev–Trinajstić information content (AvgIpc) is 3.10. The van der Waals surface area contributed by atoms with Crippen LogP contribution in [0.25, 0.3) is 11.4 Å². The van der Waals surface area contributed by atoms with Crippen LogP contribution in [0.5, 0.6) is 23.3 Å². The summed E-state index contributed by atoms with van der Waals surface area (Å²) in [6.07, 6.45) is -9.85. The Hall–Kier alpha value is -3.01. The second-order valence-corrected chi connectivity index (χ2v) is 7.41. The van der Waals surface area contributed by atoms with Crippen molar-refractivity contribution in [1.29, 1.82) is 0 Å². The monoisotopic (exact) mass is 475 g/mol. The van der Waals surface area contributed by atoms with E-state index in [0.29, 0.717) is 5.75 Å². The fraction of sp³-hybridized carbons (Fsp3) is 0.333. The summed E-state index contributed by atoms with van der Waals surface area (Å²) in [6, 6.07) is 3.96. The first-order valence-corrected chi connectivity index (χ1v) is 9.51. The van der Waals surface area contributed by atoms with Gasteiger partial charge in [-0.15, -0.1) is 0 Å². The van der Waals surface area contributed by atoms with Gasteiger partial charge in [-0.1, -0.05) is 0 Å². The van der Waals surface area contributed by atoms with Crippen molar-refractivity contribution < 1.29 is 53.7 Å². The zero-order chi connectivity index (χ0) is 23.0. The molecule has 1 aliphatic heterocycles. The van der Waals surface area contributed by atoms with Crippen molar-refractivity contribution in [2.45, 2.75) is 17.2 Å². The van der Waals surface area contributed by atoms with Crippen LogP contribution in [0.3, 0.4) is 0 Å². The summed E-state index contributed by atoms with van der Waals surface area (Å²) in [5.41, 5.74) is 0.0268. The summed E-state index contributed by atoms with van der Waals surface area (Å²) in [4.78, 5) is 5.82. The molecule has 0 fully saturated rings. The number of halogens is 6. The van der Waals surface area contributed by atoms with Crippen LogP contribution in [-0.2, 0) is 10.0 Å². The van der Waals surface area contributed by atoms with Crippen molar-refractivity contribution in [3.8, 4) is 34.6 Å². The first-order valence-electron chi connectivity index (χ1n) is 7.97. The normalized spacial score (nSPS) is 13.9. The van der Waals surface area contributed by atoms with E-state index in [-0.39, 0.29) is 18.1 Å². The molecule has 0 aliphatic carbocycles. The maximum Gasteiger partial charge on any atom is 0.422 e. The molecular formula is C15H11F6N3O6S. The van der Waals surface area contributed by atoms with E-state index in [2.05, 4.69) is 19.4 Å². The largest absolute Gasteiger partial charge is 0.467 e. The molecule has 0 spiro atoms. The second-order valence-electron chi connectivity index (χ2n) is 5.91. The van der Waals surface area contributed by atoms with Gasteiger partial charge in [-0.2, -0.15) is 36.3 Å². The minimum atomic E-state index is -4.96. The Balaban J connectivity index is 2.14. The predicted octanol–water partition coefficient (Wildman–Crippen LogP) is 2.40. The Morgan fingerprint density at radius 3 is 1.94 bits per heavy atom. The van der Waals surface area contributed by atoms with Gasteiger partial charge in [-0.05, 0) is 18.2 Å². The van der Waals surface area contributed by atoms with Crippen molar-refractivity contribution in [2.24, 2.45) is 5.14 Å². The zero-order valence-corrected chi connectivity index (χ0v) is 15.8. The van der Waals surface area contributed by atoms with Crippen LogP contribution in [0, 0.1) is 0 Å². The molecule has 0 unspecified atom stereocenters. The van der Waals surface area contributed by atoms with Crippen LogP contribution in [0.15, 0.2) is 23.1 Å². The molecule has 3 rings (SSSR count). The van der Waals surface area contributed by atoms with Gasteiger partial charge in [0.05, 0.1) is 0 Å². The van der Waals surface area contributed by atoms with E-state index in [4.69, 9.17) is 14.6 Å². The lowest BCUT2D eigenvalue weighted by Gasteiger charge is -2.16. The van der Waals surface area contributed by atoms with Crippen molar-refractivity contribution in [2.75, 3.05) is 20.0 Å². The van der Waals surface area contributed by atoms with Crippen molar-refractivity contribution in [1.82, 2.24) is 9.97 Å². The lowest BCUT2D eigenvalue weighted by molar-refractivity contribution is -0.155. The molecule has 170 valence electrons. The zero-order valence-electron chi connectivity index (χ0n) is 15.0. The van der Waals surface area contributed by atoms with Gasteiger partial charge in [0.1, 0.15) is 0 Å². The molecule has 1 aliphatic rings. The van der Waals surface area contributed by atoms with Crippen LogP contribution in [0.4, 0.5) is 26.3 Å². The van der Waals surface area contributed by atoms with E-state index < -0.39 is 58.1 Å². The number of ether oxygens (including phenoxy) is 4. The summed E-state index contributed by atoms with van der Waals surface area (Å²) in [5, 5.41) is 4.93. The van der Waals surface area contributed by atoms with E-state index in [9.17, 15) is 34.8 Å². The number of hydrogen-bond donors (Lipinski definition) is 1. The summed E-state index contributed by atoms with van der Waals surface area (Å²) in [5.74, 6) is -2.49. The number of nitrogens with two attached hydrogens (primary N) is 1. The van der Waals surface area contributed by atoms with Gasteiger partial charge in [-0.3, -0.25) is 0 Å². The number of benzene rings is 1. The van der Waals surface area contributed by atoms with Crippen molar-refractivity contribution in [3.05, 3.63) is 18.2 Å². The molecule has 2 aromatic rings. The third-order valence-corrected chi connectivity index (χ3v) is 4.38. The average molecular weight is 475 g/mol. The number of sulfonamides is 1. The number of alkyl halides is 6. The highest BCUT2D eigenvalue weighted by Gasteiger charge is 2.35. The van der Waals surface area contributed by atoms with Gasteiger partial charge >= 0.3 is 12.4 Å². The van der Waals surface area contributed by atoms with Gasteiger partial charge < -0.3 is 18.9 Å². The second kappa shape index (κ2) is 7.92. The number of rotatable bonds is 6. The summed E-state index contributed by atoms with van der Waals surface area (Å²) in [6.45, 7) is -4.14. The number of primary sulfonamides is 1. The van der Waals surface area contributed by atoms with Crippen LogP contribution < -0.4 is 24.1 Å². The minimum Gasteiger partial charge on any atom is -0.467 e. The number of aromatic nitrogens is 2. The molecular weight excluding hydrogens is 464 g/mol. The van der Waals surface area contributed by atoms with Gasteiger partial charge in [-0.25, -0.2) is 13.6 Å². The molecule has 1 aromatic carbocycles. The molecule has 2 heterocycles. The van der Waals surface area contributed by atoms with Gasteiger partial charge in [0.2, 0.25) is 33.5 Å². The molecule has 0 bridgehead atoms. The number of fused-ring (bicyclic) bond motifs is 1. The summed E-state index contributed by atoms with van der Waals surface area (Å²) in [7, 11) is -4.96. The maximum atomic E-state index is 12.6. The van der Waals surface area contributed by atoms with E-state index in [1.807, 2.05) is 0 Å². The summed E-state index contributed by atoms with van der Waals surface area (Å²) >= 11 is 0. The van der Waals surface area contributed by atoms with E-state index in [1.165, 1.54) is 18.2 Å². The van der Waals surface area contributed by atoms with E-state index in [0.717, 1.165) is 0 Å². The van der Waals surface area contributed by atoms with Crippen molar-refractivity contribution >= 4 is 10.0 Å². The fourth-order valence-electron chi connectivity index (χ4n) is 2.31. The highest BCUT2D eigenvalue weighted by molar-refractivity contribution is 7.89. The molecule has 0 radical (unpaired) electrons. The Morgan fingerprint density at radius 1 is 0.935 bits per heavy atom. The Labute approximate surface area is 169 Å². The first-order chi connectivity index (χ1) is 14.2. The Morgan fingerprint density at radius 2 is 1.45 bits per heavy atom. The number of nitrogens with zero attached hydrogens (tertiary/aromatic N) is 2. The van der Waals surface area contributed by atoms with Crippen LogP contribution in [0.2, 0.25) is 0 Å². The molecule has 9 nitrogen and oxygen atoms in total. The smallest absolute Gasteiger partial charge is 0.422 e. The first kappa shape index (κ1) is 22.7. The minimum absolute atomic E-state index is 0.0268. The third-order valence-electron chi connectivity index (χ3n) is 3.46. The van der Waals surface area contributed by atoms with Gasteiger partial charge in [0.15, 0.2) is 30.5 Å². The Bertz CT molecular complexity index is 1050. The molecule has 0 saturated heterocycles. The Kier molecular flexibility index (Phi) is 5.79. The molecule has 0 saturated carbocycles. The topological polar surface area (TPSA) is 123 Å². The highest BCUT2D eigenvalue weighted by Crippen LogP contribution is 2.38. The molecule has 2 N–H and O–H groups in total. The fourth-order valence-corrected chi connectivity index (χ4v) is 3.01. The van der Waals surface area contributed by atoms with Crippen LogP contribution in [0.1, 0.15) is 0 Å². The lowest BCUT2D eigenvalue weighted by Crippen LogP contribution is -2.25. The molecule has 1 aromatic heterocycles. The van der Waals surface area contributed by atoms with Crippen LogP contribution in [-0.4, -0.2) is 50.7 Å². The maximum absolute atomic E-state index is 12.6. The van der Waals surface area contributed by atoms with Crippen LogP contribution >= 0.6 is 0 Å². The van der Waals surface area contributed by atoms with E-state index >= 15 is 0 Å². The van der Waals surface area contributed by atoms with E-state index in [1.54, 1.807) is 0 Å². The standard InChI is InChI=1S/C15H11F6N3O6S/c16-14(17,18)4-27-12-10(31(22,25)26)13(28-5-15(19,20)21)24-11(23-12)7-1-2-8-9(3-7)30-6-29-8/h1-3H,4-6H2,(H2,22,25,26). The SMILES string of the molecule is NS(=O)(=O)c1c(OCC(F)(F)F)nc(-c2ccc3c(c2)OCO3)nc1OCC(F)(F)F. The predicted molar refractivity (Wildman–Crippen MR) is 88.1 cm³/mol. The highest BCUT2D eigenvalue weighted by atomic mass is 32.2. The molecule has 0 atom stereocenters. The molecule has 16 heteroatoms. The van der Waals surface area contributed by atoms with Gasteiger partial charge in [0, 0.05) is 5.56 Å². The van der Waals surface area contributed by atoms with Crippen molar-refractivity contribution in [3.63, 3.8) is 0 Å². The molecule has 31 heavy (non-hydrogen) atoms. The molecule has 0 amide bonds. The third kappa shape index (κ3) is 5.78. The lowest BCUT2D eigenvalue weighted by atomic mass is 10.2. The van der Waals surface area contributed by atoms with Gasteiger partial charge in [0.25, 0.3) is 0 Å².